The van der Waals surface area contributed by atoms with E-state index < -0.39 is 5.82 Å². The average molecular weight is 302 g/mol. The smallest absolute Gasteiger partial charge is 0.141 e. The van der Waals surface area contributed by atoms with E-state index in [9.17, 15) is 4.39 Å². The molecular weight excluding hydrogens is 289 g/mol. The molecule has 0 unspecified atom stereocenters. The summed E-state index contributed by atoms with van der Waals surface area (Å²) in [7, 11) is 0. The van der Waals surface area contributed by atoms with Crippen LogP contribution < -0.4 is 11.1 Å². The number of nitrogens with two attached hydrogens (primary N) is 1. The zero-order chi connectivity index (χ0) is 15.0. The van der Waals surface area contributed by atoms with Crippen LogP contribution in [0, 0.1) is 12.7 Å². The van der Waals surface area contributed by atoms with Crippen molar-refractivity contribution in [3.63, 3.8) is 0 Å². The monoisotopic (exact) mass is 301 g/mol. The summed E-state index contributed by atoms with van der Waals surface area (Å²) in [4.78, 5) is 4.34. The van der Waals surface area contributed by atoms with Crippen molar-refractivity contribution in [2.24, 2.45) is 0 Å². The van der Waals surface area contributed by atoms with Gasteiger partial charge in [0.15, 0.2) is 0 Å². The van der Waals surface area contributed by atoms with Gasteiger partial charge in [0.2, 0.25) is 0 Å². The highest BCUT2D eigenvalue weighted by Crippen LogP contribution is 2.29. The van der Waals surface area contributed by atoms with Gasteiger partial charge in [-0.1, -0.05) is 11.6 Å². The second-order valence-electron chi connectivity index (χ2n) is 4.84. The van der Waals surface area contributed by atoms with Crippen LogP contribution in [0.4, 0.5) is 21.5 Å². The largest absolute Gasteiger partial charge is 0.398 e. The number of nitrogen functional groups attached to an aromatic ring is 1. The molecule has 3 nitrogen and oxygen atoms in total. The van der Waals surface area contributed by atoms with Gasteiger partial charge in [-0.25, -0.2) is 4.39 Å². The maximum atomic E-state index is 13.2. The van der Waals surface area contributed by atoms with Gasteiger partial charge >= 0.3 is 0 Å². The number of nitrogens with one attached hydrogen (secondary N) is 1. The van der Waals surface area contributed by atoms with Crippen molar-refractivity contribution in [2.45, 2.75) is 6.92 Å². The van der Waals surface area contributed by atoms with Gasteiger partial charge in [-0.05, 0) is 48.9 Å². The van der Waals surface area contributed by atoms with Crippen LogP contribution in [-0.2, 0) is 0 Å². The van der Waals surface area contributed by atoms with E-state index in [4.69, 9.17) is 17.3 Å². The van der Waals surface area contributed by atoms with Crippen LogP contribution >= 0.6 is 11.6 Å². The maximum absolute atomic E-state index is 13.2. The second-order valence-corrected chi connectivity index (χ2v) is 5.25. The quantitative estimate of drug-likeness (QED) is 0.677. The molecule has 0 atom stereocenters. The Hall–Kier alpha value is -2.33. The van der Waals surface area contributed by atoms with E-state index in [0.717, 1.165) is 22.2 Å². The predicted molar refractivity (Wildman–Crippen MR) is 85.6 cm³/mol. The molecule has 0 spiro atoms. The molecule has 2 aromatic carbocycles. The summed E-state index contributed by atoms with van der Waals surface area (Å²) >= 11 is 5.80. The number of nitrogens with zero attached hydrogens (tertiary/aromatic N) is 1. The summed E-state index contributed by atoms with van der Waals surface area (Å²) in [6.45, 7) is 1.94. The van der Waals surface area contributed by atoms with Crippen LogP contribution in [-0.4, -0.2) is 4.98 Å². The highest BCUT2D eigenvalue weighted by atomic mass is 35.5. The molecule has 0 amide bonds. The third kappa shape index (κ3) is 2.62. The normalized spacial score (nSPS) is 10.8. The number of anilines is 3. The summed E-state index contributed by atoms with van der Waals surface area (Å²) in [5.74, 6) is -0.443. The summed E-state index contributed by atoms with van der Waals surface area (Å²) < 4.78 is 13.2. The van der Waals surface area contributed by atoms with E-state index in [1.54, 1.807) is 18.3 Å². The number of rotatable bonds is 2. The predicted octanol–water partition coefficient (Wildman–Crippen LogP) is 4.66. The molecular formula is C16H13ClFN3. The summed E-state index contributed by atoms with van der Waals surface area (Å²) in [6.07, 6.45) is 1.71. The van der Waals surface area contributed by atoms with Crippen LogP contribution in [0.25, 0.3) is 10.9 Å². The number of aryl methyl sites for hydroxylation is 1. The molecule has 1 aromatic heterocycles. The van der Waals surface area contributed by atoms with Crippen LogP contribution in [0.3, 0.4) is 0 Å². The number of pyridine rings is 1. The Bertz CT molecular complexity index is 833. The van der Waals surface area contributed by atoms with Crippen molar-refractivity contribution in [1.29, 1.82) is 0 Å². The van der Waals surface area contributed by atoms with E-state index in [1.165, 1.54) is 6.07 Å². The molecule has 0 fully saturated rings. The van der Waals surface area contributed by atoms with E-state index in [-0.39, 0.29) is 5.02 Å². The van der Waals surface area contributed by atoms with Crippen molar-refractivity contribution < 1.29 is 4.39 Å². The number of fused-ring (bicyclic) bond motifs is 1. The standard InChI is InChI=1S/C16H13ClFN3/c1-9-6-16-11(8-14(9)19)15(4-5-20-16)21-10-2-3-13(18)12(17)7-10/h2-8H,19H2,1H3,(H,20,21). The summed E-state index contributed by atoms with van der Waals surface area (Å²) in [5, 5.41) is 4.20. The maximum Gasteiger partial charge on any atom is 0.141 e. The highest BCUT2D eigenvalue weighted by Gasteiger charge is 2.06. The number of hydrogen-bond donors (Lipinski definition) is 2. The fraction of sp³-hybridized carbons (Fsp3) is 0.0625. The Labute approximate surface area is 126 Å². The molecule has 3 aromatic rings. The Kier molecular flexibility index (Phi) is 3.39. The lowest BCUT2D eigenvalue weighted by Gasteiger charge is -2.11. The molecule has 0 aliphatic rings. The lowest BCUT2D eigenvalue weighted by atomic mass is 10.1. The molecule has 21 heavy (non-hydrogen) atoms. The van der Waals surface area contributed by atoms with Gasteiger partial charge in [-0.15, -0.1) is 0 Å². The first-order valence-corrected chi connectivity index (χ1v) is 6.79. The topological polar surface area (TPSA) is 50.9 Å². The van der Waals surface area contributed by atoms with Gasteiger partial charge in [0, 0.05) is 28.6 Å². The number of benzene rings is 2. The molecule has 0 saturated heterocycles. The van der Waals surface area contributed by atoms with Crippen molar-refractivity contribution in [1.82, 2.24) is 4.98 Å². The molecule has 106 valence electrons. The lowest BCUT2D eigenvalue weighted by Crippen LogP contribution is -1.96. The van der Waals surface area contributed by atoms with Crippen LogP contribution in [0.1, 0.15) is 5.56 Å². The highest BCUT2D eigenvalue weighted by molar-refractivity contribution is 6.31. The fourth-order valence-electron chi connectivity index (χ4n) is 2.15. The Morgan fingerprint density at radius 2 is 2.00 bits per heavy atom. The van der Waals surface area contributed by atoms with E-state index >= 15 is 0 Å². The van der Waals surface area contributed by atoms with Gasteiger partial charge in [-0.2, -0.15) is 0 Å². The summed E-state index contributed by atoms with van der Waals surface area (Å²) in [5.41, 5.74) is 10.0. The first-order chi connectivity index (χ1) is 10.0. The Morgan fingerprint density at radius 1 is 1.19 bits per heavy atom. The van der Waals surface area contributed by atoms with E-state index in [2.05, 4.69) is 10.3 Å². The number of halogens is 2. The second kappa shape index (κ2) is 5.22. The minimum Gasteiger partial charge on any atom is -0.398 e. The van der Waals surface area contributed by atoms with Crippen molar-refractivity contribution >= 4 is 39.6 Å². The van der Waals surface area contributed by atoms with E-state index in [1.807, 2.05) is 25.1 Å². The van der Waals surface area contributed by atoms with Crippen molar-refractivity contribution in [2.75, 3.05) is 11.1 Å². The number of aromatic nitrogens is 1. The lowest BCUT2D eigenvalue weighted by molar-refractivity contribution is 0.628. The molecule has 0 radical (unpaired) electrons. The first-order valence-electron chi connectivity index (χ1n) is 6.41. The van der Waals surface area contributed by atoms with Gasteiger partial charge in [-0.3, -0.25) is 4.98 Å². The average Bonchev–Trinajstić information content (AvgIpc) is 2.45. The van der Waals surface area contributed by atoms with Gasteiger partial charge in [0.05, 0.1) is 10.5 Å². The van der Waals surface area contributed by atoms with Crippen molar-refractivity contribution in [3.05, 3.63) is 59.0 Å². The molecule has 5 heteroatoms. The molecule has 3 rings (SSSR count). The third-order valence-electron chi connectivity index (χ3n) is 3.33. The van der Waals surface area contributed by atoms with Gasteiger partial charge < -0.3 is 11.1 Å². The van der Waals surface area contributed by atoms with Crippen LogP contribution in [0.15, 0.2) is 42.6 Å². The Morgan fingerprint density at radius 3 is 2.76 bits per heavy atom. The molecule has 0 bridgehead atoms. The molecule has 1 heterocycles. The van der Waals surface area contributed by atoms with Crippen LogP contribution in [0.5, 0.6) is 0 Å². The third-order valence-corrected chi connectivity index (χ3v) is 3.62. The van der Waals surface area contributed by atoms with E-state index in [0.29, 0.717) is 11.4 Å². The SMILES string of the molecule is Cc1cc2nccc(Nc3ccc(F)c(Cl)c3)c2cc1N. The zero-order valence-electron chi connectivity index (χ0n) is 11.3. The number of hydrogen-bond acceptors (Lipinski definition) is 3. The van der Waals surface area contributed by atoms with Crippen LogP contribution in [0.2, 0.25) is 5.02 Å². The van der Waals surface area contributed by atoms with Gasteiger partial charge in [0.25, 0.3) is 0 Å². The fourth-order valence-corrected chi connectivity index (χ4v) is 2.33. The van der Waals surface area contributed by atoms with Crippen molar-refractivity contribution in [3.8, 4) is 0 Å². The molecule has 3 N–H and O–H groups in total. The first kappa shape index (κ1) is 13.6. The zero-order valence-corrected chi connectivity index (χ0v) is 12.1. The molecule has 0 aliphatic heterocycles. The molecule has 0 aliphatic carbocycles. The Balaban J connectivity index is 2.07. The summed E-state index contributed by atoms with van der Waals surface area (Å²) in [6, 6.07) is 10.2. The minimum absolute atomic E-state index is 0.0775. The van der Waals surface area contributed by atoms with Gasteiger partial charge in [0.1, 0.15) is 5.82 Å². The molecule has 0 saturated carbocycles. The minimum atomic E-state index is -0.443.